The Morgan fingerprint density at radius 1 is 1.47 bits per heavy atom. The number of amides is 2. The van der Waals surface area contributed by atoms with Crippen LogP contribution in [0.3, 0.4) is 0 Å². The van der Waals surface area contributed by atoms with Gasteiger partial charge in [0.25, 0.3) is 0 Å². The highest BCUT2D eigenvalue weighted by molar-refractivity contribution is 5.75. The summed E-state index contributed by atoms with van der Waals surface area (Å²) in [5, 5.41) is 14.9. The van der Waals surface area contributed by atoms with Crippen molar-refractivity contribution in [1.29, 1.82) is 0 Å². The average molecular weight is 234 g/mol. The fraction of sp³-hybridized carbons (Fsp3) is 0.462. The SMILES string of the molecule is CC1CC1NC(=O)NC(CO)c1ccccc1. The van der Waals surface area contributed by atoms with Crippen LogP contribution in [0.1, 0.15) is 24.9 Å². The standard InChI is InChI=1S/C13H18N2O2/c1-9-7-11(9)14-13(17)15-12(8-16)10-5-3-2-4-6-10/h2-6,9,11-12,16H,7-8H2,1H3,(H2,14,15,17). The minimum Gasteiger partial charge on any atom is -0.394 e. The van der Waals surface area contributed by atoms with Crippen molar-refractivity contribution < 1.29 is 9.90 Å². The van der Waals surface area contributed by atoms with E-state index in [9.17, 15) is 9.90 Å². The minimum absolute atomic E-state index is 0.0996. The molecule has 0 heterocycles. The van der Waals surface area contributed by atoms with E-state index in [2.05, 4.69) is 17.6 Å². The Morgan fingerprint density at radius 3 is 2.65 bits per heavy atom. The lowest BCUT2D eigenvalue weighted by Crippen LogP contribution is -2.40. The third-order valence-corrected chi connectivity index (χ3v) is 3.12. The number of carbonyl (C=O) groups excluding carboxylic acids is 1. The van der Waals surface area contributed by atoms with Crippen molar-refractivity contribution in [2.75, 3.05) is 6.61 Å². The Labute approximate surface area is 101 Å². The van der Waals surface area contributed by atoms with E-state index in [4.69, 9.17) is 0 Å². The molecule has 0 radical (unpaired) electrons. The van der Waals surface area contributed by atoms with Crippen molar-refractivity contribution in [1.82, 2.24) is 10.6 Å². The van der Waals surface area contributed by atoms with Crippen LogP contribution in [-0.2, 0) is 0 Å². The van der Waals surface area contributed by atoms with E-state index in [-0.39, 0.29) is 18.7 Å². The Balaban J connectivity index is 1.89. The number of benzene rings is 1. The number of hydrogen-bond donors (Lipinski definition) is 3. The lowest BCUT2D eigenvalue weighted by atomic mass is 10.1. The minimum atomic E-state index is -0.342. The van der Waals surface area contributed by atoms with Gasteiger partial charge in [0.1, 0.15) is 0 Å². The molecular weight excluding hydrogens is 216 g/mol. The molecule has 0 saturated heterocycles. The van der Waals surface area contributed by atoms with Crippen LogP contribution in [0.2, 0.25) is 0 Å². The van der Waals surface area contributed by atoms with Gasteiger partial charge in [-0.25, -0.2) is 4.79 Å². The molecule has 1 aliphatic carbocycles. The Bertz CT molecular complexity index is 380. The van der Waals surface area contributed by atoms with Crippen LogP contribution in [0.25, 0.3) is 0 Å². The fourth-order valence-corrected chi connectivity index (χ4v) is 1.81. The summed E-state index contributed by atoms with van der Waals surface area (Å²) >= 11 is 0. The van der Waals surface area contributed by atoms with Gasteiger partial charge in [0, 0.05) is 6.04 Å². The van der Waals surface area contributed by atoms with E-state index >= 15 is 0 Å². The Kier molecular flexibility index (Phi) is 3.64. The highest BCUT2D eigenvalue weighted by Gasteiger charge is 2.34. The summed E-state index contributed by atoms with van der Waals surface area (Å²) in [6, 6.07) is 9.21. The summed E-state index contributed by atoms with van der Waals surface area (Å²) in [4.78, 5) is 11.6. The van der Waals surface area contributed by atoms with Crippen molar-refractivity contribution >= 4 is 6.03 Å². The molecule has 1 saturated carbocycles. The number of rotatable bonds is 4. The van der Waals surface area contributed by atoms with Gasteiger partial charge in [-0.2, -0.15) is 0 Å². The van der Waals surface area contributed by atoms with Gasteiger partial charge in [0.05, 0.1) is 12.6 Å². The number of hydrogen-bond acceptors (Lipinski definition) is 2. The maximum atomic E-state index is 11.6. The topological polar surface area (TPSA) is 61.4 Å². The monoisotopic (exact) mass is 234 g/mol. The van der Waals surface area contributed by atoms with Crippen LogP contribution < -0.4 is 10.6 Å². The molecule has 17 heavy (non-hydrogen) atoms. The van der Waals surface area contributed by atoms with Crippen LogP contribution in [-0.4, -0.2) is 23.8 Å². The molecule has 1 fully saturated rings. The van der Waals surface area contributed by atoms with Crippen molar-refractivity contribution in [3.63, 3.8) is 0 Å². The second kappa shape index (κ2) is 5.19. The molecule has 1 aromatic carbocycles. The van der Waals surface area contributed by atoms with E-state index < -0.39 is 0 Å². The average Bonchev–Trinajstić information content (AvgIpc) is 3.03. The maximum absolute atomic E-state index is 11.6. The predicted octanol–water partition coefficient (Wildman–Crippen LogP) is 1.43. The van der Waals surface area contributed by atoms with Gasteiger partial charge >= 0.3 is 6.03 Å². The molecule has 3 atom stereocenters. The van der Waals surface area contributed by atoms with Crippen LogP contribution in [0, 0.1) is 5.92 Å². The molecule has 2 amide bonds. The highest BCUT2D eigenvalue weighted by Crippen LogP contribution is 2.28. The van der Waals surface area contributed by atoms with Crippen molar-refractivity contribution in [3.05, 3.63) is 35.9 Å². The van der Waals surface area contributed by atoms with E-state index in [0.29, 0.717) is 12.0 Å². The van der Waals surface area contributed by atoms with Gasteiger partial charge in [-0.15, -0.1) is 0 Å². The van der Waals surface area contributed by atoms with Gasteiger partial charge in [-0.3, -0.25) is 0 Å². The zero-order valence-corrected chi connectivity index (χ0v) is 9.89. The Morgan fingerprint density at radius 2 is 2.12 bits per heavy atom. The summed E-state index contributed by atoms with van der Waals surface area (Å²) in [5.41, 5.74) is 0.911. The van der Waals surface area contributed by atoms with E-state index in [1.165, 1.54) is 0 Å². The van der Waals surface area contributed by atoms with Gasteiger partial charge in [-0.05, 0) is 17.9 Å². The molecular formula is C13H18N2O2. The summed E-state index contributed by atoms with van der Waals surface area (Å²) in [5.74, 6) is 0.574. The van der Waals surface area contributed by atoms with Crippen molar-refractivity contribution in [3.8, 4) is 0 Å². The molecule has 3 N–H and O–H groups in total. The number of carbonyl (C=O) groups is 1. The first kappa shape index (κ1) is 11.9. The zero-order valence-electron chi connectivity index (χ0n) is 9.89. The van der Waals surface area contributed by atoms with Crippen LogP contribution in [0.4, 0.5) is 4.79 Å². The predicted molar refractivity (Wildman–Crippen MR) is 65.5 cm³/mol. The molecule has 4 heteroatoms. The van der Waals surface area contributed by atoms with Gasteiger partial charge < -0.3 is 15.7 Å². The molecule has 92 valence electrons. The first-order valence-electron chi connectivity index (χ1n) is 5.93. The lowest BCUT2D eigenvalue weighted by Gasteiger charge is -2.17. The third kappa shape index (κ3) is 3.20. The molecule has 0 aliphatic heterocycles. The molecule has 4 nitrogen and oxygen atoms in total. The maximum Gasteiger partial charge on any atom is 0.315 e. The molecule has 1 aromatic rings. The van der Waals surface area contributed by atoms with Crippen LogP contribution >= 0.6 is 0 Å². The summed E-state index contributed by atoms with van der Waals surface area (Å²) < 4.78 is 0. The van der Waals surface area contributed by atoms with Crippen LogP contribution in [0.15, 0.2) is 30.3 Å². The molecule has 0 bridgehead atoms. The second-order valence-corrected chi connectivity index (χ2v) is 4.58. The first-order chi connectivity index (χ1) is 8.20. The van der Waals surface area contributed by atoms with Gasteiger partial charge in [0.15, 0.2) is 0 Å². The highest BCUT2D eigenvalue weighted by atomic mass is 16.3. The van der Waals surface area contributed by atoms with Crippen molar-refractivity contribution in [2.45, 2.75) is 25.4 Å². The van der Waals surface area contributed by atoms with Crippen molar-refractivity contribution in [2.24, 2.45) is 5.92 Å². The first-order valence-corrected chi connectivity index (χ1v) is 5.93. The molecule has 1 aliphatic rings. The zero-order chi connectivity index (χ0) is 12.3. The number of nitrogens with one attached hydrogen (secondary N) is 2. The van der Waals surface area contributed by atoms with Crippen LogP contribution in [0.5, 0.6) is 0 Å². The summed E-state index contributed by atoms with van der Waals surface area (Å²) in [7, 11) is 0. The number of aliphatic hydroxyl groups is 1. The van der Waals surface area contributed by atoms with E-state index in [1.54, 1.807) is 0 Å². The lowest BCUT2D eigenvalue weighted by molar-refractivity contribution is 0.216. The largest absolute Gasteiger partial charge is 0.394 e. The van der Waals surface area contributed by atoms with Gasteiger partial charge in [-0.1, -0.05) is 37.3 Å². The number of aliphatic hydroxyl groups excluding tert-OH is 1. The molecule has 3 unspecified atom stereocenters. The normalized spacial score (nSPS) is 23.9. The summed E-state index contributed by atoms with van der Waals surface area (Å²) in [6.07, 6.45) is 1.04. The summed E-state index contributed by atoms with van der Waals surface area (Å²) in [6.45, 7) is 2.00. The molecule has 2 rings (SSSR count). The van der Waals surface area contributed by atoms with Gasteiger partial charge in [0.2, 0.25) is 0 Å². The third-order valence-electron chi connectivity index (χ3n) is 3.12. The second-order valence-electron chi connectivity index (χ2n) is 4.58. The quantitative estimate of drug-likeness (QED) is 0.738. The smallest absolute Gasteiger partial charge is 0.315 e. The molecule has 0 spiro atoms. The molecule has 0 aromatic heterocycles. The fourth-order valence-electron chi connectivity index (χ4n) is 1.81. The Hall–Kier alpha value is -1.55. The van der Waals surface area contributed by atoms with E-state index in [1.807, 2.05) is 30.3 Å². The number of urea groups is 1. The van der Waals surface area contributed by atoms with E-state index in [0.717, 1.165) is 12.0 Å².